The lowest BCUT2D eigenvalue weighted by Gasteiger charge is -2.15. The first-order valence-corrected chi connectivity index (χ1v) is 11.1. The normalized spacial score (nSPS) is 12.8. The third-order valence-electron chi connectivity index (χ3n) is 5.52. The Bertz CT molecular complexity index is 1230. The highest BCUT2D eigenvalue weighted by Gasteiger charge is 2.29. The van der Waals surface area contributed by atoms with Gasteiger partial charge in [-0.2, -0.15) is 8.42 Å². The number of rotatable bonds is 5. The first-order chi connectivity index (χ1) is 14.8. The Morgan fingerprint density at radius 1 is 1.06 bits per heavy atom. The molecule has 31 heavy (non-hydrogen) atoms. The lowest BCUT2D eigenvalue weighted by molar-refractivity contribution is 0.142. The van der Waals surface area contributed by atoms with Crippen LogP contribution in [0.3, 0.4) is 0 Å². The second-order valence-electron chi connectivity index (χ2n) is 7.42. The van der Waals surface area contributed by atoms with Crippen molar-refractivity contribution in [2.45, 2.75) is 24.3 Å². The summed E-state index contributed by atoms with van der Waals surface area (Å²) in [5.41, 5.74) is 10.8. The van der Waals surface area contributed by atoms with Crippen LogP contribution in [0.2, 0.25) is 0 Å². The molecule has 0 aromatic heterocycles. The Labute approximate surface area is 180 Å². The molecule has 1 aliphatic carbocycles. The molecule has 1 aliphatic rings. The number of hydrogen-bond donors (Lipinski definition) is 2. The molecule has 6 nitrogen and oxygen atoms in total. The van der Waals surface area contributed by atoms with E-state index in [1.54, 1.807) is 0 Å². The summed E-state index contributed by atoms with van der Waals surface area (Å²) in [6.45, 7) is 1.57. The summed E-state index contributed by atoms with van der Waals surface area (Å²) in [5, 5.41) is 2.58. The van der Waals surface area contributed by atoms with Crippen LogP contribution in [0.4, 0.5) is 14.4 Å². The third kappa shape index (κ3) is 4.11. The molecule has 0 aliphatic heterocycles. The molecule has 0 saturated carbocycles. The Kier molecular flexibility index (Phi) is 5.41. The Hall–Kier alpha value is -3.39. The zero-order valence-corrected chi connectivity index (χ0v) is 17.6. The number of halogens is 1. The Morgan fingerprint density at radius 3 is 2.23 bits per heavy atom. The van der Waals surface area contributed by atoms with Crippen molar-refractivity contribution in [3.63, 3.8) is 0 Å². The van der Waals surface area contributed by atoms with Gasteiger partial charge in [-0.15, -0.1) is 3.89 Å². The molecule has 1 amide bonds. The minimum atomic E-state index is -4.92. The molecule has 0 atom stereocenters. The maximum Gasteiger partial charge on any atom is 0.407 e. The van der Waals surface area contributed by atoms with Gasteiger partial charge in [-0.05, 0) is 52.4 Å². The highest BCUT2D eigenvalue weighted by atomic mass is 32.3. The number of hydrogen-bond acceptors (Lipinski definition) is 5. The van der Waals surface area contributed by atoms with E-state index in [9.17, 15) is 17.1 Å². The van der Waals surface area contributed by atoms with Crippen molar-refractivity contribution in [2.75, 3.05) is 12.3 Å². The Balaban J connectivity index is 1.45. The molecule has 0 heterocycles. The van der Waals surface area contributed by atoms with Crippen LogP contribution in [0.25, 0.3) is 11.1 Å². The van der Waals surface area contributed by atoms with Crippen LogP contribution in [-0.2, 0) is 21.5 Å². The first-order valence-electron chi connectivity index (χ1n) is 9.68. The van der Waals surface area contributed by atoms with Gasteiger partial charge in [0.2, 0.25) is 0 Å². The predicted octanol–water partition coefficient (Wildman–Crippen LogP) is 4.27. The molecule has 3 N–H and O–H groups in total. The van der Waals surface area contributed by atoms with Crippen LogP contribution in [-0.4, -0.2) is 21.1 Å². The maximum atomic E-state index is 13.5. The number of benzene rings is 3. The van der Waals surface area contributed by atoms with Gasteiger partial charge >= 0.3 is 16.3 Å². The molecule has 3 aromatic carbocycles. The number of nitrogens with one attached hydrogen (secondary N) is 1. The second-order valence-corrected chi connectivity index (χ2v) is 8.74. The lowest BCUT2D eigenvalue weighted by atomic mass is 9.98. The van der Waals surface area contributed by atoms with E-state index < -0.39 is 21.2 Å². The van der Waals surface area contributed by atoms with E-state index in [2.05, 4.69) is 5.32 Å². The molecular formula is C23H21FN2O4S. The van der Waals surface area contributed by atoms with Gasteiger partial charge in [-0.1, -0.05) is 48.5 Å². The average Bonchev–Trinajstić information content (AvgIpc) is 3.05. The fourth-order valence-corrected chi connectivity index (χ4v) is 4.80. The van der Waals surface area contributed by atoms with Gasteiger partial charge in [0.05, 0.1) is 0 Å². The predicted molar refractivity (Wildman–Crippen MR) is 116 cm³/mol. The van der Waals surface area contributed by atoms with E-state index in [0.29, 0.717) is 5.56 Å². The summed E-state index contributed by atoms with van der Waals surface area (Å²) in [6.07, 6.45) is -0.659. The minimum absolute atomic E-state index is 0.0456. The summed E-state index contributed by atoms with van der Waals surface area (Å²) in [6, 6.07) is 18.6. The second kappa shape index (κ2) is 8.03. The van der Waals surface area contributed by atoms with Crippen LogP contribution in [0.15, 0.2) is 65.6 Å². The van der Waals surface area contributed by atoms with Crippen LogP contribution >= 0.6 is 0 Å². The highest BCUT2D eigenvalue weighted by molar-refractivity contribution is 7.86. The zero-order chi connectivity index (χ0) is 22.2. The Morgan fingerprint density at radius 2 is 1.65 bits per heavy atom. The van der Waals surface area contributed by atoms with Gasteiger partial charge in [0.25, 0.3) is 0 Å². The van der Waals surface area contributed by atoms with Crippen molar-refractivity contribution in [3.05, 3.63) is 82.9 Å². The van der Waals surface area contributed by atoms with Gasteiger partial charge in [-0.25, -0.2) is 4.79 Å². The van der Waals surface area contributed by atoms with Crippen molar-refractivity contribution in [2.24, 2.45) is 0 Å². The molecule has 160 valence electrons. The van der Waals surface area contributed by atoms with E-state index in [0.717, 1.165) is 28.3 Å². The molecule has 0 fully saturated rings. The van der Waals surface area contributed by atoms with E-state index in [-0.39, 0.29) is 30.3 Å². The summed E-state index contributed by atoms with van der Waals surface area (Å²) in [7, 11) is -4.92. The largest absolute Gasteiger partial charge is 0.449 e. The van der Waals surface area contributed by atoms with Crippen LogP contribution in [0.5, 0.6) is 0 Å². The number of carbonyl (C=O) groups excluding carboxylic acids is 1. The van der Waals surface area contributed by atoms with Crippen molar-refractivity contribution >= 4 is 22.0 Å². The average molecular weight is 440 g/mol. The van der Waals surface area contributed by atoms with E-state index in [1.807, 2.05) is 48.5 Å². The SMILES string of the molecule is Cc1c(CNC(=O)OCC2c3ccccc3-c3ccccc32)cc(N)cc1S(=O)(=O)F. The monoisotopic (exact) mass is 440 g/mol. The summed E-state index contributed by atoms with van der Waals surface area (Å²) in [5.74, 6) is -0.0736. The van der Waals surface area contributed by atoms with Crippen LogP contribution in [0.1, 0.15) is 28.2 Å². The van der Waals surface area contributed by atoms with E-state index in [1.165, 1.54) is 13.0 Å². The molecule has 3 aromatic rings. The minimum Gasteiger partial charge on any atom is -0.449 e. The fraction of sp³-hybridized carbons (Fsp3) is 0.174. The molecule has 0 radical (unpaired) electrons. The van der Waals surface area contributed by atoms with Crippen LogP contribution < -0.4 is 11.1 Å². The molecular weight excluding hydrogens is 419 g/mol. The quantitative estimate of drug-likeness (QED) is 0.456. The number of ether oxygens (including phenoxy) is 1. The number of nitrogens with two attached hydrogens (primary N) is 1. The summed E-state index contributed by atoms with van der Waals surface area (Å²) < 4.78 is 41.6. The standard InChI is InChI=1S/C23H21FN2O4S/c1-14-15(10-16(25)11-22(14)31(24,28)29)12-26-23(27)30-13-21-19-8-4-2-6-17(19)18-7-3-5-9-20(18)21/h2-11,21H,12-13,25H2,1H3,(H,26,27). The maximum absolute atomic E-state index is 13.5. The first kappa shape index (κ1) is 20.9. The third-order valence-corrected chi connectivity index (χ3v) is 6.47. The number of anilines is 1. The zero-order valence-electron chi connectivity index (χ0n) is 16.8. The molecule has 0 spiro atoms. The number of amides is 1. The van der Waals surface area contributed by atoms with Gasteiger partial charge in [0.15, 0.2) is 0 Å². The molecule has 4 rings (SSSR count). The summed E-state index contributed by atoms with van der Waals surface area (Å²) >= 11 is 0. The van der Waals surface area contributed by atoms with Crippen molar-refractivity contribution < 1.29 is 21.8 Å². The lowest BCUT2D eigenvalue weighted by Crippen LogP contribution is -2.26. The van der Waals surface area contributed by atoms with Gasteiger partial charge in [0, 0.05) is 18.2 Å². The number of carbonyl (C=O) groups is 1. The summed E-state index contributed by atoms with van der Waals surface area (Å²) in [4.78, 5) is 11.8. The van der Waals surface area contributed by atoms with E-state index >= 15 is 0 Å². The molecule has 0 saturated heterocycles. The number of fused-ring (bicyclic) bond motifs is 3. The van der Waals surface area contributed by atoms with Gasteiger partial charge < -0.3 is 15.8 Å². The molecule has 0 bridgehead atoms. The van der Waals surface area contributed by atoms with Crippen molar-refractivity contribution in [3.8, 4) is 11.1 Å². The molecule has 0 unspecified atom stereocenters. The number of alkyl carbamates (subject to hydrolysis) is 1. The van der Waals surface area contributed by atoms with Gasteiger partial charge in [-0.3, -0.25) is 0 Å². The fourth-order valence-electron chi connectivity index (χ4n) is 4.02. The topological polar surface area (TPSA) is 98.5 Å². The van der Waals surface area contributed by atoms with E-state index in [4.69, 9.17) is 10.5 Å². The van der Waals surface area contributed by atoms with Crippen molar-refractivity contribution in [1.82, 2.24) is 5.32 Å². The number of nitrogen functional groups attached to an aromatic ring is 1. The van der Waals surface area contributed by atoms with Crippen molar-refractivity contribution in [1.29, 1.82) is 0 Å². The molecule has 8 heteroatoms. The van der Waals surface area contributed by atoms with Gasteiger partial charge in [0.1, 0.15) is 11.5 Å². The smallest absolute Gasteiger partial charge is 0.407 e. The van der Waals surface area contributed by atoms with Crippen LogP contribution in [0, 0.1) is 6.92 Å². The highest BCUT2D eigenvalue weighted by Crippen LogP contribution is 2.44.